The summed E-state index contributed by atoms with van der Waals surface area (Å²) in [6.07, 6.45) is -9.31. The number of aromatic amines is 1. The first-order valence-corrected chi connectivity index (χ1v) is 6.12. The van der Waals surface area contributed by atoms with Gasteiger partial charge < -0.3 is 0 Å². The molecule has 3 nitrogen and oxygen atoms in total. The van der Waals surface area contributed by atoms with Crippen LogP contribution < -0.4 is 5.56 Å². The monoisotopic (exact) mass is 364 g/mol. The van der Waals surface area contributed by atoms with Gasteiger partial charge in [0.2, 0.25) is 0 Å². The molecule has 1 aromatic heterocycles. The van der Waals surface area contributed by atoms with Crippen molar-refractivity contribution in [1.82, 2.24) is 9.78 Å². The van der Waals surface area contributed by atoms with Crippen LogP contribution in [0.25, 0.3) is 5.69 Å². The summed E-state index contributed by atoms with van der Waals surface area (Å²) in [6, 6.07) is 0.923. The first kappa shape index (κ1) is 16.8. The predicted molar refractivity (Wildman–Crippen MR) is 66.4 cm³/mol. The molecule has 1 N–H and O–H groups in total. The fraction of sp³-hybridized carbons (Fsp3) is 0.182. The minimum absolute atomic E-state index is 0.327. The maximum absolute atomic E-state index is 12.6. The molecule has 0 saturated carbocycles. The van der Waals surface area contributed by atoms with E-state index in [1.807, 2.05) is 5.10 Å². The van der Waals surface area contributed by atoms with Crippen LogP contribution in [0, 0.1) is 0 Å². The van der Waals surface area contributed by atoms with Crippen molar-refractivity contribution in [3.63, 3.8) is 0 Å². The van der Waals surface area contributed by atoms with Crippen LogP contribution in [0.4, 0.5) is 26.3 Å². The third kappa shape index (κ3) is 2.95. The van der Waals surface area contributed by atoms with Gasteiger partial charge in [-0.15, -0.1) is 0 Å². The van der Waals surface area contributed by atoms with E-state index in [9.17, 15) is 31.1 Å². The second-order valence-corrected chi connectivity index (χ2v) is 4.93. The Balaban J connectivity index is 2.66. The van der Waals surface area contributed by atoms with Crippen molar-refractivity contribution in [2.45, 2.75) is 12.4 Å². The van der Waals surface area contributed by atoms with E-state index in [-0.39, 0.29) is 0 Å². The van der Waals surface area contributed by atoms with Crippen molar-refractivity contribution in [3.05, 3.63) is 49.9 Å². The van der Waals surface area contributed by atoms with Gasteiger partial charge in [-0.2, -0.15) is 26.3 Å². The van der Waals surface area contributed by atoms with Crippen LogP contribution in [0.3, 0.4) is 0 Å². The van der Waals surface area contributed by atoms with Crippen LogP contribution >= 0.6 is 23.2 Å². The van der Waals surface area contributed by atoms with Gasteiger partial charge >= 0.3 is 12.4 Å². The van der Waals surface area contributed by atoms with Crippen LogP contribution in [-0.4, -0.2) is 9.78 Å². The van der Waals surface area contributed by atoms with E-state index in [0.29, 0.717) is 23.0 Å². The Labute approximate surface area is 128 Å². The van der Waals surface area contributed by atoms with Gasteiger partial charge in [-0.3, -0.25) is 9.89 Å². The Bertz CT molecular complexity index is 751. The number of nitrogens with zero attached hydrogens (tertiary/aromatic N) is 1. The van der Waals surface area contributed by atoms with Crippen molar-refractivity contribution in [1.29, 1.82) is 0 Å². The quantitative estimate of drug-likeness (QED) is 0.742. The highest BCUT2D eigenvalue weighted by Gasteiger charge is 2.37. The van der Waals surface area contributed by atoms with E-state index in [4.69, 9.17) is 23.2 Å². The summed E-state index contributed by atoms with van der Waals surface area (Å²) in [7, 11) is 0. The summed E-state index contributed by atoms with van der Waals surface area (Å²) in [6.45, 7) is 0. The van der Waals surface area contributed by atoms with Gasteiger partial charge in [-0.05, 0) is 12.1 Å². The number of nitrogens with one attached hydrogen (secondary N) is 1. The van der Waals surface area contributed by atoms with Crippen molar-refractivity contribution in [2.24, 2.45) is 0 Å². The van der Waals surface area contributed by atoms with Gasteiger partial charge in [0.05, 0.1) is 15.6 Å². The zero-order valence-corrected chi connectivity index (χ0v) is 11.6. The van der Waals surface area contributed by atoms with Gasteiger partial charge in [0, 0.05) is 6.20 Å². The zero-order chi connectivity index (χ0) is 16.9. The maximum Gasteiger partial charge on any atom is 0.423 e. The minimum atomic E-state index is -4.93. The number of hydrogen-bond donors (Lipinski definition) is 1. The molecule has 0 spiro atoms. The van der Waals surface area contributed by atoms with E-state index < -0.39 is 44.8 Å². The molecule has 0 unspecified atom stereocenters. The Morgan fingerprint density at radius 3 is 1.82 bits per heavy atom. The Kier molecular flexibility index (Phi) is 3.99. The van der Waals surface area contributed by atoms with E-state index in [1.54, 1.807) is 0 Å². The van der Waals surface area contributed by atoms with Gasteiger partial charge in [-0.1, -0.05) is 23.2 Å². The normalized spacial score (nSPS) is 12.7. The van der Waals surface area contributed by atoms with Gasteiger partial charge in [0.15, 0.2) is 0 Å². The topological polar surface area (TPSA) is 37.8 Å². The molecule has 2 aromatic rings. The fourth-order valence-electron chi connectivity index (χ4n) is 1.68. The highest BCUT2D eigenvalue weighted by atomic mass is 35.5. The lowest BCUT2D eigenvalue weighted by Crippen LogP contribution is -2.23. The molecule has 1 aromatic carbocycles. The summed E-state index contributed by atoms with van der Waals surface area (Å²) in [5.41, 5.74) is -4.76. The van der Waals surface area contributed by atoms with Crippen LogP contribution in [-0.2, 0) is 12.4 Å². The van der Waals surface area contributed by atoms with Crippen molar-refractivity contribution < 1.29 is 26.3 Å². The highest BCUT2D eigenvalue weighted by molar-refractivity contribution is 6.37. The van der Waals surface area contributed by atoms with Gasteiger partial charge in [0.25, 0.3) is 5.56 Å². The second-order valence-electron chi connectivity index (χ2n) is 4.11. The minimum Gasteiger partial charge on any atom is -0.297 e. The molecule has 0 amide bonds. The first-order chi connectivity index (χ1) is 9.93. The Morgan fingerprint density at radius 2 is 1.45 bits per heavy atom. The summed E-state index contributed by atoms with van der Waals surface area (Å²) in [5.74, 6) is 0. The molecule has 120 valence electrons. The third-order valence-corrected chi connectivity index (χ3v) is 3.22. The average molecular weight is 365 g/mol. The molecule has 22 heavy (non-hydrogen) atoms. The molecular weight excluding hydrogens is 361 g/mol. The molecule has 1 heterocycles. The van der Waals surface area contributed by atoms with Gasteiger partial charge in [-0.25, -0.2) is 4.68 Å². The molecule has 0 aliphatic carbocycles. The van der Waals surface area contributed by atoms with Crippen LogP contribution in [0.2, 0.25) is 10.0 Å². The fourth-order valence-corrected chi connectivity index (χ4v) is 2.34. The van der Waals surface area contributed by atoms with E-state index in [1.165, 1.54) is 0 Å². The van der Waals surface area contributed by atoms with E-state index >= 15 is 0 Å². The Morgan fingerprint density at radius 1 is 0.955 bits per heavy atom. The molecule has 0 fully saturated rings. The molecular formula is C11H4Cl2F6N2O. The molecule has 2 rings (SSSR count). The van der Waals surface area contributed by atoms with E-state index in [2.05, 4.69) is 0 Å². The van der Waals surface area contributed by atoms with Crippen LogP contribution in [0.1, 0.15) is 11.1 Å². The molecule has 0 radical (unpaired) electrons. The van der Waals surface area contributed by atoms with Crippen molar-refractivity contribution in [3.8, 4) is 5.69 Å². The summed E-state index contributed by atoms with van der Waals surface area (Å²) in [4.78, 5) is 11.7. The molecule has 0 aliphatic heterocycles. The average Bonchev–Trinajstić information content (AvgIpc) is 2.69. The molecule has 0 atom stereocenters. The lowest BCUT2D eigenvalue weighted by Gasteiger charge is -2.12. The third-order valence-electron chi connectivity index (χ3n) is 2.64. The Hall–Kier alpha value is -1.61. The first-order valence-electron chi connectivity index (χ1n) is 5.37. The van der Waals surface area contributed by atoms with E-state index in [0.717, 1.165) is 0 Å². The number of H-pyrrole nitrogens is 1. The summed E-state index contributed by atoms with van der Waals surface area (Å²) < 4.78 is 75.7. The number of alkyl halides is 6. The number of rotatable bonds is 1. The maximum atomic E-state index is 12.6. The number of aromatic nitrogens is 2. The van der Waals surface area contributed by atoms with Crippen LogP contribution in [0.15, 0.2) is 23.1 Å². The number of hydrogen-bond acceptors (Lipinski definition) is 1. The molecule has 11 heteroatoms. The summed E-state index contributed by atoms with van der Waals surface area (Å²) >= 11 is 11.3. The second kappa shape index (κ2) is 5.24. The summed E-state index contributed by atoms with van der Waals surface area (Å²) in [5, 5.41) is 0.716. The van der Waals surface area contributed by atoms with Crippen LogP contribution in [0.5, 0.6) is 0 Å². The highest BCUT2D eigenvalue weighted by Crippen LogP contribution is 2.37. The van der Waals surface area contributed by atoms with Crippen molar-refractivity contribution in [2.75, 3.05) is 0 Å². The largest absolute Gasteiger partial charge is 0.423 e. The number of halogens is 8. The molecule has 0 saturated heterocycles. The molecule has 0 aliphatic rings. The lowest BCUT2D eigenvalue weighted by atomic mass is 10.2. The number of benzene rings is 1. The zero-order valence-electron chi connectivity index (χ0n) is 10.1. The predicted octanol–water partition coefficient (Wildman–Crippen LogP) is 4.51. The van der Waals surface area contributed by atoms with Gasteiger partial charge in [0.1, 0.15) is 11.3 Å². The smallest absolute Gasteiger partial charge is 0.297 e. The van der Waals surface area contributed by atoms with Crippen molar-refractivity contribution >= 4 is 23.2 Å². The standard InChI is InChI=1S/C11H4Cl2F6N2O/c12-6-1-4(10(14,15)16)2-7(13)8(6)21-9(22)5(3-20-21)11(17,18)19/h1-3,20H. The lowest BCUT2D eigenvalue weighted by molar-refractivity contribution is -0.138. The SMILES string of the molecule is O=c1c(C(F)(F)F)c[nH]n1-c1c(Cl)cc(C(F)(F)F)cc1Cl. The molecule has 0 bridgehead atoms.